The molecule has 0 aliphatic heterocycles. The van der Waals surface area contributed by atoms with Gasteiger partial charge in [0.2, 0.25) is 0 Å². The van der Waals surface area contributed by atoms with Gasteiger partial charge in [0, 0.05) is 21.7 Å². The first-order chi connectivity index (χ1) is 10.1. The summed E-state index contributed by atoms with van der Waals surface area (Å²) in [5.74, 6) is 4.53. The summed E-state index contributed by atoms with van der Waals surface area (Å²) in [6.45, 7) is 0. The zero-order valence-electron chi connectivity index (χ0n) is 11.2. The van der Waals surface area contributed by atoms with E-state index < -0.39 is 11.6 Å². The van der Waals surface area contributed by atoms with Gasteiger partial charge in [-0.15, -0.1) is 11.8 Å². The molecule has 3 N–H and O–H groups in total. The van der Waals surface area contributed by atoms with Gasteiger partial charge < -0.3 is 0 Å². The standard InChI is InChI=1S/C15H15ClF2N2S/c16-11-2-1-3-13(8-11)21-9-12(20-19)6-10-4-5-14(17)15(18)7-10/h1-5,7-8,12,20H,6,9,19H2. The molecule has 0 heterocycles. The smallest absolute Gasteiger partial charge is 0.159 e. The highest BCUT2D eigenvalue weighted by atomic mass is 35.5. The van der Waals surface area contributed by atoms with E-state index in [1.165, 1.54) is 6.07 Å². The molecule has 0 aromatic heterocycles. The Morgan fingerprint density at radius 3 is 2.62 bits per heavy atom. The number of nitrogens with two attached hydrogens (primary N) is 1. The maximum Gasteiger partial charge on any atom is 0.159 e. The van der Waals surface area contributed by atoms with Gasteiger partial charge in [-0.3, -0.25) is 11.3 Å². The lowest BCUT2D eigenvalue weighted by molar-refractivity contribution is 0.504. The van der Waals surface area contributed by atoms with E-state index in [4.69, 9.17) is 17.4 Å². The fraction of sp³-hybridized carbons (Fsp3) is 0.200. The van der Waals surface area contributed by atoms with Crippen molar-refractivity contribution in [1.29, 1.82) is 0 Å². The number of hydrogen-bond acceptors (Lipinski definition) is 3. The van der Waals surface area contributed by atoms with E-state index in [-0.39, 0.29) is 6.04 Å². The molecule has 1 unspecified atom stereocenters. The Balaban J connectivity index is 1.95. The Labute approximate surface area is 131 Å². The zero-order chi connectivity index (χ0) is 15.2. The summed E-state index contributed by atoms with van der Waals surface area (Å²) < 4.78 is 26.1. The van der Waals surface area contributed by atoms with Crippen molar-refractivity contribution in [3.05, 3.63) is 64.7 Å². The van der Waals surface area contributed by atoms with Crippen LogP contribution < -0.4 is 11.3 Å². The highest BCUT2D eigenvalue weighted by Gasteiger charge is 2.11. The second kappa shape index (κ2) is 7.75. The van der Waals surface area contributed by atoms with Crippen molar-refractivity contribution < 1.29 is 8.78 Å². The Bertz CT molecular complexity index is 610. The summed E-state index contributed by atoms with van der Waals surface area (Å²) >= 11 is 7.52. The third-order valence-electron chi connectivity index (χ3n) is 2.95. The predicted molar refractivity (Wildman–Crippen MR) is 83.3 cm³/mol. The van der Waals surface area contributed by atoms with Crippen molar-refractivity contribution in [2.24, 2.45) is 5.84 Å². The summed E-state index contributed by atoms with van der Waals surface area (Å²) in [4.78, 5) is 1.04. The second-order valence-corrected chi connectivity index (χ2v) is 6.11. The molecule has 112 valence electrons. The molecule has 21 heavy (non-hydrogen) atoms. The van der Waals surface area contributed by atoms with Gasteiger partial charge in [0.25, 0.3) is 0 Å². The van der Waals surface area contributed by atoms with Gasteiger partial charge in [0.05, 0.1) is 0 Å². The van der Waals surface area contributed by atoms with Crippen molar-refractivity contribution in [2.75, 3.05) is 5.75 Å². The van der Waals surface area contributed by atoms with E-state index in [2.05, 4.69) is 5.43 Å². The van der Waals surface area contributed by atoms with Crippen LogP contribution in [0.1, 0.15) is 5.56 Å². The number of nitrogens with one attached hydrogen (secondary N) is 1. The number of halogens is 3. The molecule has 1 atom stereocenters. The maximum atomic E-state index is 13.2. The van der Waals surface area contributed by atoms with Crippen molar-refractivity contribution >= 4 is 23.4 Å². The molecule has 0 spiro atoms. The molecule has 0 aliphatic carbocycles. The molecular weight excluding hydrogens is 314 g/mol. The predicted octanol–water partition coefficient (Wildman–Crippen LogP) is 3.78. The van der Waals surface area contributed by atoms with Gasteiger partial charge in [-0.1, -0.05) is 23.7 Å². The highest BCUT2D eigenvalue weighted by molar-refractivity contribution is 7.99. The highest BCUT2D eigenvalue weighted by Crippen LogP contribution is 2.23. The molecule has 0 radical (unpaired) electrons. The fourth-order valence-electron chi connectivity index (χ4n) is 1.87. The van der Waals surface area contributed by atoms with Crippen LogP contribution in [0, 0.1) is 11.6 Å². The number of hydrogen-bond donors (Lipinski definition) is 2. The minimum absolute atomic E-state index is 0.0566. The average Bonchev–Trinajstić information content (AvgIpc) is 2.47. The van der Waals surface area contributed by atoms with Gasteiger partial charge >= 0.3 is 0 Å². The van der Waals surface area contributed by atoms with E-state index in [1.807, 2.05) is 24.3 Å². The average molecular weight is 329 g/mol. The minimum atomic E-state index is -0.843. The lowest BCUT2D eigenvalue weighted by Gasteiger charge is -2.15. The van der Waals surface area contributed by atoms with Crippen LogP contribution in [0.5, 0.6) is 0 Å². The zero-order valence-corrected chi connectivity index (χ0v) is 12.7. The topological polar surface area (TPSA) is 38.0 Å². The number of benzene rings is 2. The third-order valence-corrected chi connectivity index (χ3v) is 4.34. The lowest BCUT2D eigenvalue weighted by atomic mass is 10.1. The molecule has 6 heteroatoms. The summed E-state index contributed by atoms with van der Waals surface area (Å²) in [5.41, 5.74) is 3.40. The third kappa shape index (κ3) is 4.97. The molecule has 0 aliphatic rings. The van der Waals surface area contributed by atoms with E-state index >= 15 is 0 Å². The van der Waals surface area contributed by atoms with E-state index in [0.717, 1.165) is 11.0 Å². The molecule has 0 saturated carbocycles. The summed E-state index contributed by atoms with van der Waals surface area (Å²) in [6, 6.07) is 11.4. The number of thioether (sulfide) groups is 1. The van der Waals surface area contributed by atoms with Crippen LogP contribution in [-0.2, 0) is 6.42 Å². The summed E-state index contributed by atoms with van der Waals surface area (Å²) in [6.07, 6.45) is 0.515. The Morgan fingerprint density at radius 1 is 1.14 bits per heavy atom. The summed E-state index contributed by atoms with van der Waals surface area (Å²) in [7, 11) is 0. The lowest BCUT2D eigenvalue weighted by Crippen LogP contribution is -2.38. The fourth-order valence-corrected chi connectivity index (χ4v) is 3.12. The van der Waals surface area contributed by atoms with Gasteiger partial charge in [0.15, 0.2) is 11.6 Å². The van der Waals surface area contributed by atoms with Crippen LogP contribution in [0.25, 0.3) is 0 Å². The first-order valence-corrected chi connectivity index (χ1v) is 7.73. The van der Waals surface area contributed by atoms with E-state index in [1.54, 1.807) is 17.8 Å². The van der Waals surface area contributed by atoms with Crippen molar-refractivity contribution in [1.82, 2.24) is 5.43 Å². The van der Waals surface area contributed by atoms with Gasteiger partial charge in [0.1, 0.15) is 0 Å². The van der Waals surface area contributed by atoms with Crippen LogP contribution in [0.2, 0.25) is 5.02 Å². The van der Waals surface area contributed by atoms with Gasteiger partial charge in [-0.05, 0) is 42.3 Å². The summed E-state index contributed by atoms with van der Waals surface area (Å²) in [5, 5.41) is 0.679. The SMILES string of the molecule is NNC(CSc1cccc(Cl)c1)Cc1ccc(F)c(F)c1. The molecule has 2 aromatic carbocycles. The molecular formula is C15H15ClF2N2S. The number of hydrazine groups is 1. The molecule has 2 nitrogen and oxygen atoms in total. The van der Waals surface area contributed by atoms with Crippen molar-refractivity contribution in [2.45, 2.75) is 17.4 Å². The Kier molecular flexibility index (Phi) is 5.99. The number of rotatable bonds is 6. The quantitative estimate of drug-likeness (QED) is 0.481. The Morgan fingerprint density at radius 2 is 1.95 bits per heavy atom. The minimum Gasteiger partial charge on any atom is -0.271 e. The monoisotopic (exact) mass is 328 g/mol. The van der Waals surface area contributed by atoms with Crippen LogP contribution in [0.15, 0.2) is 47.4 Å². The van der Waals surface area contributed by atoms with Crippen LogP contribution in [0.4, 0.5) is 8.78 Å². The van der Waals surface area contributed by atoms with Crippen molar-refractivity contribution in [3.8, 4) is 0 Å². The van der Waals surface area contributed by atoms with Gasteiger partial charge in [-0.25, -0.2) is 8.78 Å². The van der Waals surface area contributed by atoms with E-state index in [0.29, 0.717) is 22.8 Å². The first-order valence-electron chi connectivity index (χ1n) is 6.37. The molecule has 0 amide bonds. The first kappa shape index (κ1) is 16.2. The molecule has 2 rings (SSSR count). The second-order valence-electron chi connectivity index (χ2n) is 4.58. The van der Waals surface area contributed by atoms with Crippen LogP contribution in [-0.4, -0.2) is 11.8 Å². The maximum absolute atomic E-state index is 13.2. The van der Waals surface area contributed by atoms with Crippen molar-refractivity contribution in [3.63, 3.8) is 0 Å². The van der Waals surface area contributed by atoms with E-state index in [9.17, 15) is 8.78 Å². The molecule has 0 fully saturated rings. The van der Waals surface area contributed by atoms with Crippen LogP contribution >= 0.6 is 23.4 Å². The molecule has 2 aromatic rings. The normalized spacial score (nSPS) is 12.4. The molecule has 0 bridgehead atoms. The molecule has 0 saturated heterocycles. The Hall–Kier alpha value is -1.14. The van der Waals surface area contributed by atoms with Crippen LogP contribution in [0.3, 0.4) is 0 Å². The van der Waals surface area contributed by atoms with Gasteiger partial charge in [-0.2, -0.15) is 0 Å². The largest absolute Gasteiger partial charge is 0.271 e.